The summed E-state index contributed by atoms with van der Waals surface area (Å²) < 4.78 is 0. The van der Waals surface area contributed by atoms with E-state index in [1.54, 1.807) is 0 Å². The smallest absolute Gasteiger partial charge is 0.0459 e. The lowest BCUT2D eigenvalue weighted by molar-refractivity contribution is 0.0286. The van der Waals surface area contributed by atoms with Gasteiger partial charge in [-0.2, -0.15) is 0 Å². The first-order valence-electron chi connectivity index (χ1n) is 3.81. The van der Waals surface area contributed by atoms with Gasteiger partial charge in [-0.15, -0.1) is 0 Å². The molecule has 0 spiro atoms. The Morgan fingerprint density at radius 1 is 1.56 bits per heavy atom. The number of hydrogen-bond acceptors (Lipinski definition) is 1. The highest BCUT2D eigenvalue weighted by Gasteiger charge is 2.37. The van der Waals surface area contributed by atoms with Crippen molar-refractivity contribution in [3.05, 3.63) is 0 Å². The Labute approximate surface area is 57.1 Å². The van der Waals surface area contributed by atoms with Crippen LogP contribution in [0.25, 0.3) is 0 Å². The molecular weight excluding hydrogens is 112 g/mol. The molecule has 0 aliphatic heterocycles. The maximum atomic E-state index is 8.71. The van der Waals surface area contributed by atoms with Gasteiger partial charge in [-0.1, -0.05) is 20.3 Å². The van der Waals surface area contributed by atoms with Gasteiger partial charge in [-0.05, 0) is 24.2 Å². The van der Waals surface area contributed by atoms with Crippen LogP contribution >= 0.6 is 0 Å². The SMILES string of the molecule is CCC1(C)CC(CO)C1. The lowest BCUT2D eigenvalue weighted by Gasteiger charge is -2.44. The van der Waals surface area contributed by atoms with Gasteiger partial charge in [0.25, 0.3) is 0 Å². The number of rotatable bonds is 2. The van der Waals surface area contributed by atoms with Gasteiger partial charge < -0.3 is 5.11 Å². The third-order valence-electron chi connectivity index (χ3n) is 2.67. The van der Waals surface area contributed by atoms with Crippen molar-refractivity contribution in [2.24, 2.45) is 11.3 Å². The Morgan fingerprint density at radius 2 is 2.11 bits per heavy atom. The minimum atomic E-state index is 0.398. The molecule has 9 heavy (non-hydrogen) atoms. The summed E-state index contributed by atoms with van der Waals surface area (Å²) in [4.78, 5) is 0. The zero-order valence-corrected chi connectivity index (χ0v) is 6.35. The van der Waals surface area contributed by atoms with Gasteiger partial charge in [0, 0.05) is 6.61 Å². The maximum absolute atomic E-state index is 8.71. The second-order valence-electron chi connectivity index (χ2n) is 3.62. The van der Waals surface area contributed by atoms with Crippen molar-refractivity contribution in [1.29, 1.82) is 0 Å². The summed E-state index contributed by atoms with van der Waals surface area (Å²) in [5, 5.41) is 8.71. The zero-order valence-electron chi connectivity index (χ0n) is 6.35. The van der Waals surface area contributed by atoms with Crippen LogP contribution in [0.3, 0.4) is 0 Å². The van der Waals surface area contributed by atoms with Crippen LogP contribution in [0.5, 0.6) is 0 Å². The molecule has 0 aromatic heterocycles. The summed E-state index contributed by atoms with van der Waals surface area (Å²) in [5.74, 6) is 0.620. The van der Waals surface area contributed by atoms with E-state index in [0.29, 0.717) is 17.9 Å². The van der Waals surface area contributed by atoms with E-state index >= 15 is 0 Å². The molecular formula is C8H16O. The molecule has 1 aliphatic rings. The highest BCUT2D eigenvalue weighted by atomic mass is 16.3. The number of aliphatic hydroxyl groups excluding tert-OH is 1. The Balaban J connectivity index is 2.24. The summed E-state index contributed by atoms with van der Waals surface area (Å²) in [6.45, 7) is 4.93. The van der Waals surface area contributed by atoms with E-state index in [2.05, 4.69) is 13.8 Å². The van der Waals surface area contributed by atoms with Crippen LogP contribution in [0.2, 0.25) is 0 Å². The summed E-state index contributed by atoms with van der Waals surface area (Å²) in [7, 11) is 0. The molecule has 0 unspecified atom stereocenters. The Hall–Kier alpha value is -0.0400. The topological polar surface area (TPSA) is 20.2 Å². The van der Waals surface area contributed by atoms with E-state index in [4.69, 9.17) is 5.11 Å². The molecule has 0 bridgehead atoms. The van der Waals surface area contributed by atoms with Gasteiger partial charge in [0.05, 0.1) is 0 Å². The highest BCUT2D eigenvalue weighted by Crippen LogP contribution is 2.47. The minimum absolute atomic E-state index is 0.398. The lowest BCUT2D eigenvalue weighted by atomic mass is 9.62. The van der Waals surface area contributed by atoms with Crippen LogP contribution in [-0.4, -0.2) is 11.7 Å². The van der Waals surface area contributed by atoms with Crippen molar-refractivity contribution < 1.29 is 5.11 Å². The first-order valence-corrected chi connectivity index (χ1v) is 3.81. The summed E-state index contributed by atoms with van der Waals surface area (Å²) in [5.41, 5.74) is 0.577. The minimum Gasteiger partial charge on any atom is -0.396 e. The highest BCUT2D eigenvalue weighted by molar-refractivity contribution is 4.88. The van der Waals surface area contributed by atoms with E-state index in [0.717, 1.165) is 0 Å². The molecule has 1 heteroatoms. The first kappa shape index (κ1) is 7.07. The van der Waals surface area contributed by atoms with Crippen molar-refractivity contribution >= 4 is 0 Å². The van der Waals surface area contributed by atoms with E-state index < -0.39 is 0 Å². The standard InChI is InChI=1S/C8H16O/c1-3-8(2)4-7(5-8)6-9/h7,9H,3-6H2,1-2H3. The molecule has 1 N–H and O–H groups in total. The van der Waals surface area contributed by atoms with Crippen molar-refractivity contribution in [1.82, 2.24) is 0 Å². The lowest BCUT2D eigenvalue weighted by Crippen LogP contribution is -2.35. The third kappa shape index (κ3) is 1.26. The van der Waals surface area contributed by atoms with Crippen LogP contribution in [0.4, 0.5) is 0 Å². The van der Waals surface area contributed by atoms with Crippen LogP contribution in [0.15, 0.2) is 0 Å². The number of aliphatic hydroxyl groups is 1. The van der Waals surface area contributed by atoms with E-state index in [-0.39, 0.29) is 0 Å². The van der Waals surface area contributed by atoms with Gasteiger partial charge in [0.2, 0.25) is 0 Å². The van der Waals surface area contributed by atoms with Gasteiger partial charge in [-0.25, -0.2) is 0 Å². The zero-order chi connectivity index (χ0) is 6.91. The molecule has 0 aromatic rings. The van der Waals surface area contributed by atoms with Gasteiger partial charge in [-0.3, -0.25) is 0 Å². The fraction of sp³-hybridized carbons (Fsp3) is 1.00. The van der Waals surface area contributed by atoms with E-state index in [9.17, 15) is 0 Å². The molecule has 1 fully saturated rings. The average molecular weight is 128 g/mol. The Bertz CT molecular complexity index is 92.7. The second-order valence-corrected chi connectivity index (χ2v) is 3.62. The molecule has 54 valence electrons. The Morgan fingerprint density at radius 3 is 2.44 bits per heavy atom. The van der Waals surface area contributed by atoms with Crippen molar-refractivity contribution in [2.45, 2.75) is 33.1 Å². The van der Waals surface area contributed by atoms with Gasteiger partial charge in [0.15, 0.2) is 0 Å². The second kappa shape index (κ2) is 2.30. The monoisotopic (exact) mass is 128 g/mol. The van der Waals surface area contributed by atoms with Gasteiger partial charge >= 0.3 is 0 Å². The largest absolute Gasteiger partial charge is 0.396 e. The van der Waals surface area contributed by atoms with Crippen LogP contribution in [0.1, 0.15) is 33.1 Å². The van der Waals surface area contributed by atoms with Crippen LogP contribution in [-0.2, 0) is 0 Å². The molecule has 0 heterocycles. The summed E-state index contributed by atoms with van der Waals surface area (Å²) >= 11 is 0. The predicted molar refractivity (Wildman–Crippen MR) is 38.2 cm³/mol. The molecule has 0 atom stereocenters. The van der Waals surface area contributed by atoms with Crippen LogP contribution in [0, 0.1) is 11.3 Å². The molecule has 1 aliphatic carbocycles. The van der Waals surface area contributed by atoms with Crippen LogP contribution < -0.4 is 0 Å². The van der Waals surface area contributed by atoms with Crippen molar-refractivity contribution in [2.75, 3.05) is 6.61 Å². The van der Waals surface area contributed by atoms with Crippen molar-refractivity contribution in [3.8, 4) is 0 Å². The first-order chi connectivity index (χ1) is 4.20. The quantitative estimate of drug-likeness (QED) is 0.601. The summed E-state index contributed by atoms with van der Waals surface area (Å²) in [6, 6.07) is 0. The van der Waals surface area contributed by atoms with Crippen molar-refractivity contribution in [3.63, 3.8) is 0 Å². The third-order valence-corrected chi connectivity index (χ3v) is 2.67. The number of hydrogen-bond donors (Lipinski definition) is 1. The maximum Gasteiger partial charge on any atom is 0.0459 e. The van der Waals surface area contributed by atoms with E-state index in [1.807, 2.05) is 0 Å². The molecule has 0 amide bonds. The fourth-order valence-corrected chi connectivity index (χ4v) is 1.75. The van der Waals surface area contributed by atoms with E-state index in [1.165, 1.54) is 19.3 Å². The summed E-state index contributed by atoms with van der Waals surface area (Å²) in [6.07, 6.45) is 3.74. The molecule has 1 rings (SSSR count). The average Bonchev–Trinajstić information content (AvgIpc) is 1.81. The fourth-order valence-electron chi connectivity index (χ4n) is 1.75. The predicted octanol–water partition coefficient (Wildman–Crippen LogP) is 1.80. The molecule has 0 radical (unpaired) electrons. The normalized spacial score (nSPS) is 42.3. The molecule has 1 nitrogen and oxygen atoms in total. The molecule has 0 aromatic carbocycles. The molecule has 0 saturated heterocycles. The van der Waals surface area contributed by atoms with Gasteiger partial charge in [0.1, 0.15) is 0 Å². The Kier molecular flexibility index (Phi) is 1.80. The molecule has 1 saturated carbocycles.